The van der Waals surface area contributed by atoms with Crippen LogP contribution in [-0.2, 0) is 6.51 Å². The Bertz CT molecular complexity index is 936. The molecule has 0 aromatic rings. The maximum absolute atomic E-state index is 4.78. The van der Waals surface area contributed by atoms with Crippen molar-refractivity contribution in [3.8, 4) is 0 Å². The molecule has 0 aromatic carbocycles. The van der Waals surface area contributed by atoms with E-state index in [1.165, 1.54) is 63.0 Å². The van der Waals surface area contributed by atoms with Crippen LogP contribution in [-0.4, -0.2) is 24.5 Å². The number of rotatable bonds is 5. The summed E-state index contributed by atoms with van der Waals surface area (Å²) < 4.78 is 0.946. The van der Waals surface area contributed by atoms with Crippen LogP contribution in [0.1, 0.15) is 13.8 Å². The Morgan fingerprint density at radius 3 is 1.68 bits per heavy atom. The second kappa shape index (κ2) is 0.710. The van der Waals surface area contributed by atoms with Gasteiger partial charge in [0, 0.05) is 0 Å². The van der Waals surface area contributed by atoms with E-state index in [0.29, 0.717) is 0 Å². The van der Waals surface area contributed by atoms with Gasteiger partial charge in [-0.05, 0) is 0 Å². The van der Waals surface area contributed by atoms with Gasteiger partial charge in [0.25, 0.3) is 0 Å². The third kappa shape index (κ3) is 0.0928. The summed E-state index contributed by atoms with van der Waals surface area (Å²) in [5, 5.41) is 0. The van der Waals surface area contributed by atoms with Crippen LogP contribution in [0.3, 0.4) is 0 Å². The Morgan fingerprint density at radius 2 is 1.42 bits per heavy atom. The van der Waals surface area contributed by atoms with Gasteiger partial charge in [0.1, 0.15) is 0 Å². The van der Waals surface area contributed by atoms with Gasteiger partial charge in [-0.1, -0.05) is 0 Å². The monoisotopic (exact) mass is 297 g/mol. The van der Waals surface area contributed by atoms with E-state index in [-0.39, 0.29) is 0 Å². The Morgan fingerprint density at radius 1 is 0.947 bits per heavy atom. The van der Waals surface area contributed by atoms with E-state index in [2.05, 4.69) is 18.7 Å². The molecule has 0 radical (unpaired) electrons. The van der Waals surface area contributed by atoms with E-state index in [1.54, 1.807) is 0 Å². The summed E-state index contributed by atoms with van der Waals surface area (Å²) >= 11 is 0. The van der Waals surface area contributed by atoms with E-state index in [9.17, 15) is 0 Å². The first-order valence-electron chi connectivity index (χ1n) is 8.58. The Balaban J connectivity index is 1.33. The Labute approximate surface area is 105 Å². The van der Waals surface area contributed by atoms with Crippen LogP contribution >= 0.6 is 0 Å². The number of nitrogens with zero attached hydrogens (tertiary/aromatic N) is 1. The van der Waals surface area contributed by atoms with Gasteiger partial charge in [0.2, 0.25) is 0 Å². The number of hydrogen-bond acceptors (Lipinski definition) is 1. The molecule has 10 saturated heterocycles. The number of likely N-dealkylation sites (N-methyl/N-ethyl adjacent to an activating group) is 1. The molecule has 19 heavy (non-hydrogen) atoms. The number of fused-ring (bicyclic) bond motifs is 10. The molecule has 0 saturated carbocycles. The van der Waals surface area contributed by atoms with Crippen LogP contribution in [0.4, 0.5) is 0 Å². The molecule has 10 heterocycles. The third-order valence-corrected chi connectivity index (χ3v) is 59.0. The molecule has 10 aliphatic rings. The van der Waals surface area contributed by atoms with Crippen LogP contribution in [0.25, 0.3) is 0 Å². The topological polar surface area (TPSA) is 3.24 Å². The molecule has 0 aromatic heterocycles. The molecule has 10 aliphatic heterocycles. The fourth-order valence-electron chi connectivity index (χ4n) is 18.0. The van der Waals surface area contributed by atoms with Crippen LogP contribution in [0, 0.1) is 0 Å². The first-order chi connectivity index (χ1) is 8.96. The van der Waals surface area contributed by atoms with Crippen LogP contribution < -0.4 is 0 Å². The Hall–Kier alpha value is 0.219. The molecular weight excluding hydrogens is 274 g/mol. The molecule has 0 amide bonds. The molecular formula is C17H23FeN. The molecule has 0 N–H and O–H groups in total. The van der Waals surface area contributed by atoms with E-state index < -0.39 is 6.51 Å². The molecule has 0 bridgehead atoms. The van der Waals surface area contributed by atoms with Crippen molar-refractivity contribution in [3.05, 3.63) is 12.2 Å². The standard InChI is InChI=1S/C12H18N.C5H5.Fe/c1-4-13(5-2)10-11(3)12-8-6-7-9-12;1-2-4-5-3-1;/h6-9H,3-5,10H2,1-2H3;1-5H;. The van der Waals surface area contributed by atoms with Crippen molar-refractivity contribution < 1.29 is 6.51 Å². The van der Waals surface area contributed by atoms with Gasteiger partial charge in [-0.2, -0.15) is 0 Å². The van der Waals surface area contributed by atoms with E-state index >= 15 is 0 Å². The van der Waals surface area contributed by atoms with E-state index in [1.807, 2.05) is 5.57 Å². The van der Waals surface area contributed by atoms with Crippen molar-refractivity contribution in [2.75, 3.05) is 19.6 Å². The minimum absolute atomic E-state index is 0.946. The minimum atomic E-state index is -2.86. The van der Waals surface area contributed by atoms with Crippen LogP contribution in [0.2, 0.25) is 47.7 Å². The van der Waals surface area contributed by atoms with Gasteiger partial charge < -0.3 is 0 Å². The zero-order chi connectivity index (χ0) is 12.3. The molecule has 1 nitrogen and oxygen atoms in total. The summed E-state index contributed by atoms with van der Waals surface area (Å²) in [4.78, 5) is 15.7. The molecule has 1 spiro atoms. The fraction of sp³-hybridized carbons (Fsp3) is 0.882. The Kier molecular flexibility index (Phi) is 0.299. The SMILES string of the molecule is C=C(CN(CC)CC)[C]12[CH]3[CH]4[CH]5[CH]1[Fe]45321678[CH]2[CH]1[CH]6[CH]7[CH]28. The average molecular weight is 297 g/mol. The second-order valence-corrected chi connectivity index (χ2v) is 35.3. The third-order valence-electron chi connectivity index (χ3n) is 16.5. The molecule has 10 rings (SSSR count). The molecule has 104 valence electrons. The maximum atomic E-state index is 4.78. The fourth-order valence-corrected chi connectivity index (χ4v) is 92.6. The molecule has 10 fully saturated rings. The summed E-state index contributed by atoms with van der Waals surface area (Å²) in [6.45, 7) is 10.3. The zero-order valence-corrected chi connectivity index (χ0v) is 12.9. The van der Waals surface area contributed by atoms with E-state index in [4.69, 9.17) is 6.58 Å². The first-order valence-corrected chi connectivity index (χ1v) is 14.9. The van der Waals surface area contributed by atoms with Gasteiger partial charge in [0.05, 0.1) is 0 Å². The van der Waals surface area contributed by atoms with Crippen molar-refractivity contribution in [1.82, 2.24) is 4.90 Å². The van der Waals surface area contributed by atoms with E-state index in [0.717, 1.165) is 4.31 Å². The summed E-state index contributed by atoms with van der Waals surface area (Å²) in [5.41, 5.74) is 1.81. The van der Waals surface area contributed by atoms with Crippen molar-refractivity contribution in [2.24, 2.45) is 0 Å². The summed E-state index contributed by atoms with van der Waals surface area (Å²) in [7, 11) is 0. The summed E-state index contributed by atoms with van der Waals surface area (Å²) in [6.07, 6.45) is 0. The summed E-state index contributed by atoms with van der Waals surface area (Å²) in [5.74, 6) is 0. The molecule has 0 aliphatic carbocycles. The summed E-state index contributed by atoms with van der Waals surface area (Å²) in [6, 6.07) is 0. The van der Waals surface area contributed by atoms with Gasteiger partial charge >= 0.3 is 105 Å². The van der Waals surface area contributed by atoms with Crippen LogP contribution in [0.5, 0.6) is 0 Å². The average Bonchev–Trinajstić information content (AvgIpc) is 3.37. The van der Waals surface area contributed by atoms with Crippen molar-refractivity contribution >= 4 is 0 Å². The van der Waals surface area contributed by atoms with Crippen molar-refractivity contribution in [2.45, 2.75) is 61.5 Å². The van der Waals surface area contributed by atoms with Gasteiger partial charge in [-0.25, -0.2) is 0 Å². The molecule has 2 heteroatoms. The van der Waals surface area contributed by atoms with Gasteiger partial charge in [0.15, 0.2) is 0 Å². The number of hydrogen-bond donors (Lipinski definition) is 0. The predicted molar refractivity (Wildman–Crippen MR) is 73.4 cm³/mol. The van der Waals surface area contributed by atoms with Crippen molar-refractivity contribution in [3.63, 3.8) is 0 Å². The molecule has 4 unspecified atom stereocenters. The van der Waals surface area contributed by atoms with Crippen LogP contribution in [0.15, 0.2) is 12.2 Å². The van der Waals surface area contributed by atoms with Gasteiger partial charge in [-0.3, -0.25) is 0 Å². The van der Waals surface area contributed by atoms with Crippen molar-refractivity contribution in [1.29, 1.82) is 0 Å². The normalized spacial score (nSPS) is 108. The first kappa shape index (κ1) is 8.01. The quantitative estimate of drug-likeness (QED) is 0.527. The van der Waals surface area contributed by atoms with Gasteiger partial charge in [-0.15, -0.1) is 0 Å². The molecule has 4 atom stereocenters. The predicted octanol–water partition coefficient (Wildman–Crippen LogP) is 4.64. The second-order valence-electron chi connectivity index (χ2n) is 11.7. The zero-order valence-electron chi connectivity index (χ0n) is 11.8.